The Morgan fingerprint density at radius 2 is 1.15 bits per heavy atom. The molecule has 3 aromatic carbocycles. The van der Waals surface area contributed by atoms with Crippen LogP contribution in [0.15, 0.2) is 101 Å². The minimum Gasteiger partial charge on any atom is -0.387 e. The summed E-state index contributed by atoms with van der Waals surface area (Å²) >= 11 is 2.10. The number of aliphatic hydroxyl groups is 1. The first kappa shape index (κ1) is 18.8. The number of halogens is 1. The fourth-order valence-corrected chi connectivity index (χ4v) is 3.60. The third kappa shape index (κ3) is 4.06. The van der Waals surface area contributed by atoms with Gasteiger partial charge in [0.15, 0.2) is 0 Å². The Kier molecular flexibility index (Phi) is 6.61. The van der Waals surface area contributed by atoms with E-state index in [1.165, 1.54) is 0 Å². The number of benzene rings is 3. The smallest absolute Gasteiger partial charge is 0.143 e. The SMILES string of the molecule is O[C@@H](/C=C/I)COC(c1ccccc1)(c1ccccc1)c1ccccc1. The first-order valence-corrected chi connectivity index (χ1v) is 9.77. The summed E-state index contributed by atoms with van der Waals surface area (Å²) in [5, 5.41) is 10.2. The van der Waals surface area contributed by atoms with Crippen molar-refractivity contribution in [1.29, 1.82) is 0 Å². The van der Waals surface area contributed by atoms with E-state index in [-0.39, 0.29) is 6.61 Å². The summed E-state index contributed by atoms with van der Waals surface area (Å²) in [5.41, 5.74) is 2.30. The lowest BCUT2D eigenvalue weighted by atomic mass is 9.80. The molecule has 0 amide bonds. The third-order valence-corrected chi connectivity index (χ3v) is 4.72. The molecule has 1 atom stereocenters. The molecule has 3 aromatic rings. The Morgan fingerprint density at radius 3 is 1.50 bits per heavy atom. The maximum absolute atomic E-state index is 10.2. The van der Waals surface area contributed by atoms with Crippen LogP contribution in [0, 0.1) is 0 Å². The number of aliphatic hydroxyl groups excluding tert-OH is 1. The number of hydrogen-bond acceptors (Lipinski definition) is 2. The van der Waals surface area contributed by atoms with Gasteiger partial charge >= 0.3 is 0 Å². The molecular formula is C23H21IO2. The van der Waals surface area contributed by atoms with Crippen molar-refractivity contribution in [2.24, 2.45) is 0 Å². The van der Waals surface area contributed by atoms with Crippen LogP contribution in [-0.2, 0) is 10.3 Å². The first-order valence-electron chi connectivity index (χ1n) is 8.53. The molecule has 0 heterocycles. The van der Waals surface area contributed by atoms with Crippen molar-refractivity contribution >= 4 is 22.6 Å². The second-order valence-corrected chi connectivity index (χ2v) is 6.70. The van der Waals surface area contributed by atoms with Crippen LogP contribution in [0.4, 0.5) is 0 Å². The van der Waals surface area contributed by atoms with E-state index in [1.807, 2.05) is 54.6 Å². The summed E-state index contributed by atoms with van der Waals surface area (Å²) in [6.45, 7) is 0.193. The molecule has 3 heteroatoms. The van der Waals surface area contributed by atoms with Crippen LogP contribution in [0.5, 0.6) is 0 Å². The zero-order valence-corrected chi connectivity index (χ0v) is 16.5. The van der Waals surface area contributed by atoms with Crippen molar-refractivity contribution in [2.45, 2.75) is 11.7 Å². The first-order chi connectivity index (χ1) is 12.8. The molecule has 2 nitrogen and oxygen atoms in total. The van der Waals surface area contributed by atoms with Crippen molar-refractivity contribution in [1.82, 2.24) is 0 Å². The second kappa shape index (κ2) is 9.12. The zero-order valence-electron chi connectivity index (χ0n) is 14.3. The molecule has 132 valence electrons. The van der Waals surface area contributed by atoms with Crippen molar-refractivity contribution < 1.29 is 9.84 Å². The van der Waals surface area contributed by atoms with E-state index < -0.39 is 11.7 Å². The van der Waals surface area contributed by atoms with Crippen LogP contribution in [0.2, 0.25) is 0 Å². The van der Waals surface area contributed by atoms with Gasteiger partial charge in [0.1, 0.15) is 5.60 Å². The van der Waals surface area contributed by atoms with E-state index in [9.17, 15) is 5.11 Å². The molecule has 26 heavy (non-hydrogen) atoms. The lowest BCUT2D eigenvalue weighted by Crippen LogP contribution is -2.35. The molecule has 0 aromatic heterocycles. The van der Waals surface area contributed by atoms with Gasteiger partial charge in [-0.1, -0.05) is 114 Å². The average Bonchev–Trinajstić information content (AvgIpc) is 2.71. The minimum atomic E-state index is -0.788. The molecule has 0 aliphatic carbocycles. The summed E-state index contributed by atoms with van der Waals surface area (Å²) < 4.78 is 8.30. The Bertz CT molecular complexity index is 720. The summed E-state index contributed by atoms with van der Waals surface area (Å²) in [6.07, 6.45) is 1.06. The lowest BCUT2D eigenvalue weighted by Gasteiger charge is -2.36. The highest BCUT2D eigenvalue weighted by Gasteiger charge is 2.37. The fraction of sp³-hybridized carbons (Fsp3) is 0.130. The maximum atomic E-state index is 10.2. The van der Waals surface area contributed by atoms with E-state index in [1.54, 1.807) is 10.2 Å². The van der Waals surface area contributed by atoms with E-state index in [4.69, 9.17) is 4.74 Å². The third-order valence-electron chi connectivity index (χ3n) is 4.31. The number of ether oxygens (including phenoxy) is 1. The normalized spacial score (nSPS) is 13.0. The van der Waals surface area contributed by atoms with Crippen LogP contribution in [0.1, 0.15) is 16.7 Å². The standard InChI is InChI=1S/C23H21IO2/c24-17-16-22(25)18-26-23(19-10-4-1-5-11-19,20-12-6-2-7-13-20)21-14-8-3-9-15-21/h1-17,22,25H,18H2/b17-16+/t22-/m0/s1. The fourth-order valence-electron chi connectivity index (χ4n) is 3.12. The molecule has 0 saturated carbocycles. The molecule has 0 bridgehead atoms. The van der Waals surface area contributed by atoms with Gasteiger partial charge in [0.25, 0.3) is 0 Å². The summed E-state index contributed by atoms with van der Waals surface area (Å²) in [7, 11) is 0. The average molecular weight is 456 g/mol. The highest BCUT2D eigenvalue weighted by atomic mass is 127. The molecular weight excluding hydrogens is 435 g/mol. The molecule has 0 aliphatic rings. The zero-order chi connectivity index (χ0) is 18.2. The quantitative estimate of drug-likeness (QED) is 0.386. The van der Waals surface area contributed by atoms with Crippen LogP contribution >= 0.6 is 22.6 Å². The molecule has 1 N–H and O–H groups in total. The summed E-state index contributed by atoms with van der Waals surface area (Å²) in [5.74, 6) is 0. The Labute approximate surface area is 168 Å². The van der Waals surface area contributed by atoms with Crippen LogP contribution in [0.25, 0.3) is 0 Å². The molecule has 3 rings (SSSR count). The van der Waals surface area contributed by atoms with Crippen molar-refractivity contribution in [3.63, 3.8) is 0 Å². The maximum Gasteiger partial charge on any atom is 0.143 e. The molecule has 0 saturated heterocycles. The highest BCUT2D eigenvalue weighted by Crippen LogP contribution is 2.40. The van der Waals surface area contributed by atoms with Gasteiger partial charge in [-0.3, -0.25) is 0 Å². The Morgan fingerprint density at radius 1 is 0.769 bits per heavy atom. The van der Waals surface area contributed by atoms with E-state index in [0.29, 0.717) is 0 Å². The van der Waals surface area contributed by atoms with Gasteiger partial charge in [-0.2, -0.15) is 0 Å². The van der Waals surface area contributed by atoms with Crippen molar-refractivity contribution in [3.05, 3.63) is 118 Å². The number of hydrogen-bond donors (Lipinski definition) is 1. The van der Waals surface area contributed by atoms with E-state index in [0.717, 1.165) is 16.7 Å². The van der Waals surface area contributed by atoms with Gasteiger partial charge in [-0.25, -0.2) is 0 Å². The Hall–Kier alpha value is -1.95. The van der Waals surface area contributed by atoms with Gasteiger partial charge in [-0.15, -0.1) is 0 Å². The summed E-state index contributed by atoms with van der Waals surface area (Å²) in [6, 6.07) is 30.5. The number of rotatable bonds is 7. The van der Waals surface area contributed by atoms with Crippen LogP contribution in [-0.4, -0.2) is 17.8 Å². The molecule has 0 aliphatic heterocycles. The molecule has 0 radical (unpaired) electrons. The van der Waals surface area contributed by atoms with Crippen molar-refractivity contribution in [3.8, 4) is 0 Å². The second-order valence-electron chi connectivity index (χ2n) is 5.98. The highest BCUT2D eigenvalue weighted by molar-refractivity contribution is 14.1. The van der Waals surface area contributed by atoms with Crippen LogP contribution < -0.4 is 0 Å². The predicted octanol–water partition coefficient (Wildman–Crippen LogP) is 5.30. The van der Waals surface area contributed by atoms with Crippen LogP contribution in [0.3, 0.4) is 0 Å². The molecule has 0 spiro atoms. The van der Waals surface area contributed by atoms with Gasteiger partial charge in [-0.05, 0) is 26.8 Å². The summed E-state index contributed by atoms with van der Waals surface area (Å²) in [4.78, 5) is 0. The topological polar surface area (TPSA) is 29.5 Å². The van der Waals surface area contributed by atoms with E-state index in [2.05, 4.69) is 59.0 Å². The van der Waals surface area contributed by atoms with Gasteiger partial charge in [0.05, 0.1) is 12.7 Å². The lowest BCUT2D eigenvalue weighted by molar-refractivity contribution is -0.0248. The monoisotopic (exact) mass is 456 g/mol. The van der Waals surface area contributed by atoms with Gasteiger partial charge in [0, 0.05) is 0 Å². The predicted molar refractivity (Wildman–Crippen MR) is 114 cm³/mol. The van der Waals surface area contributed by atoms with Crippen molar-refractivity contribution in [2.75, 3.05) is 6.61 Å². The largest absolute Gasteiger partial charge is 0.387 e. The minimum absolute atomic E-state index is 0.193. The van der Waals surface area contributed by atoms with Gasteiger partial charge < -0.3 is 9.84 Å². The Balaban J connectivity index is 2.18. The van der Waals surface area contributed by atoms with E-state index >= 15 is 0 Å². The van der Waals surface area contributed by atoms with Gasteiger partial charge in [0.2, 0.25) is 0 Å². The molecule has 0 unspecified atom stereocenters. The molecule has 0 fully saturated rings.